The first kappa shape index (κ1) is 14.8. The van der Waals surface area contributed by atoms with Crippen LogP contribution in [0.2, 0.25) is 0 Å². The number of aromatic nitrogens is 4. The van der Waals surface area contributed by atoms with E-state index < -0.39 is 0 Å². The number of carbonyl (C=O) groups excluding carboxylic acids is 1. The zero-order valence-corrected chi connectivity index (χ0v) is 13.9. The Morgan fingerprint density at radius 2 is 2.18 bits per heavy atom. The molecule has 0 saturated heterocycles. The number of Topliss-reactive ketones (excluding diaryl/α,β-unsaturated/α-hetero) is 1. The Kier molecular flexibility index (Phi) is 3.78. The highest BCUT2D eigenvalue weighted by atomic mass is 32.1. The number of nitrogens with zero attached hydrogens (tertiary/aromatic N) is 4. The Bertz CT molecular complexity index is 834. The van der Waals surface area contributed by atoms with Gasteiger partial charge >= 0.3 is 0 Å². The van der Waals surface area contributed by atoms with Crippen molar-refractivity contribution in [2.75, 3.05) is 0 Å². The normalized spacial score (nSPS) is 11.5. The maximum absolute atomic E-state index is 12.8. The second kappa shape index (κ2) is 5.61. The average molecular weight is 314 g/mol. The summed E-state index contributed by atoms with van der Waals surface area (Å²) in [6.45, 7) is 6.07. The van der Waals surface area contributed by atoms with Gasteiger partial charge in [-0.25, -0.2) is 9.97 Å². The number of ketones is 1. The maximum atomic E-state index is 12.8. The van der Waals surface area contributed by atoms with Crippen LogP contribution in [0, 0.1) is 6.92 Å². The summed E-state index contributed by atoms with van der Waals surface area (Å²) in [7, 11) is 1.86. The van der Waals surface area contributed by atoms with E-state index >= 15 is 0 Å². The molecule has 3 aromatic heterocycles. The van der Waals surface area contributed by atoms with Gasteiger partial charge in [0, 0.05) is 29.9 Å². The summed E-state index contributed by atoms with van der Waals surface area (Å²) in [5, 5.41) is 8.00. The quantitative estimate of drug-likeness (QED) is 0.693. The van der Waals surface area contributed by atoms with Crippen molar-refractivity contribution >= 4 is 28.2 Å². The van der Waals surface area contributed by atoms with E-state index in [1.54, 1.807) is 10.9 Å². The Balaban J connectivity index is 2.16. The molecule has 3 aromatic rings. The molecule has 0 radical (unpaired) electrons. The van der Waals surface area contributed by atoms with Crippen molar-refractivity contribution in [2.24, 2.45) is 7.05 Å². The SMILES string of the molecule is Cc1nn(C)c2nc(C(C)C)cc(C(=O)Cc3nccs3)c12. The van der Waals surface area contributed by atoms with Crippen molar-refractivity contribution < 1.29 is 4.79 Å². The highest BCUT2D eigenvalue weighted by Gasteiger charge is 2.20. The van der Waals surface area contributed by atoms with Crippen molar-refractivity contribution in [3.8, 4) is 0 Å². The summed E-state index contributed by atoms with van der Waals surface area (Å²) in [5.41, 5.74) is 3.22. The van der Waals surface area contributed by atoms with E-state index in [1.807, 2.05) is 25.4 Å². The fourth-order valence-electron chi connectivity index (χ4n) is 2.55. The second-order valence-corrected chi connectivity index (χ2v) is 6.66. The molecule has 6 heteroatoms. The van der Waals surface area contributed by atoms with E-state index in [4.69, 9.17) is 0 Å². The summed E-state index contributed by atoms with van der Waals surface area (Å²) >= 11 is 1.50. The third-order valence-electron chi connectivity index (χ3n) is 3.68. The van der Waals surface area contributed by atoms with Crippen LogP contribution in [0.3, 0.4) is 0 Å². The first-order chi connectivity index (χ1) is 10.5. The van der Waals surface area contributed by atoms with Gasteiger partial charge in [-0.2, -0.15) is 5.10 Å². The molecule has 3 heterocycles. The molecule has 0 aliphatic heterocycles. The van der Waals surface area contributed by atoms with E-state index in [0.717, 1.165) is 27.4 Å². The van der Waals surface area contributed by atoms with Crippen molar-refractivity contribution in [2.45, 2.75) is 33.1 Å². The minimum Gasteiger partial charge on any atom is -0.294 e. The van der Waals surface area contributed by atoms with Gasteiger partial charge in [-0.3, -0.25) is 9.48 Å². The van der Waals surface area contributed by atoms with Crippen LogP contribution in [0.5, 0.6) is 0 Å². The summed E-state index contributed by atoms with van der Waals surface area (Å²) in [4.78, 5) is 21.6. The van der Waals surface area contributed by atoms with E-state index in [9.17, 15) is 4.79 Å². The Labute approximate surface area is 133 Å². The molecule has 0 atom stereocenters. The summed E-state index contributed by atoms with van der Waals surface area (Å²) < 4.78 is 1.75. The molecule has 114 valence electrons. The lowest BCUT2D eigenvalue weighted by atomic mass is 10.00. The molecular weight excluding hydrogens is 296 g/mol. The molecule has 0 aliphatic rings. The molecule has 0 fully saturated rings. The molecule has 22 heavy (non-hydrogen) atoms. The van der Waals surface area contributed by atoms with Crippen molar-refractivity contribution in [3.63, 3.8) is 0 Å². The molecule has 0 saturated carbocycles. The van der Waals surface area contributed by atoms with Crippen LogP contribution in [0.25, 0.3) is 11.0 Å². The first-order valence-corrected chi connectivity index (χ1v) is 8.11. The lowest BCUT2D eigenvalue weighted by molar-refractivity contribution is 0.0994. The van der Waals surface area contributed by atoms with Crippen LogP contribution in [0.1, 0.15) is 46.5 Å². The lowest BCUT2D eigenvalue weighted by Gasteiger charge is -2.09. The fourth-order valence-corrected chi connectivity index (χ4v) is 3.17. The fraction of sp³-hybridized carbons (Fsp3) is 0.375. The minimum atomic E-state index is 0.0698. The summed E-state index contributed by atoms with van der Waals surface area (Å²) in [5.74, 6) is 0.325. The number of aryl methyl sites for hydroxylation is 2. The van der Waals surface area contributed by atoms with Gasteiger partial charge in [0.2, 0.25) is 0 Å². The van der Waals surface area contributed by atoms with E-state index in [0.29, 0.717) is 12.0 Å². The van der Waals surface area contributed by atoms with Crippen LogP contribution in [0.15, 0.2) is 17.6 Å². The third-order valence-corrected chi connectivity index (χ3v) is 4.46. The Hall–Kier alpha value is -2.08. The molecular formula is C16H18N4OS. The second-order valence-electron chi connectivity index (χ2n) is 5.68. The standard InChI is InChI=1S/C16H18N4OS/c1-9(2)12-7-11(13(21)8-14-17-5-6-22-14)15-10(3)19-20(4)16(15)18-12/h5-7,9H,8H2,1-4H3. The smallest absolute Gasteiger partial charge is 0.170 e. The van der Waals surface area contributed by atoms with Crippen LogP contribution in [0.4, 0.5) is 0 Å². The number of thiazole rings is 1. The highest BCUT2D eigenvalue weighted by molar-refractivity contribution is 7.09. The number of hydrogen-bond donors (Lipinski definition) is 0. The van der Waals surface area contributed by atoms with Gasteiger partial charge in [0.1, 0.15) is 5.01 Å². The van der Waals surface area contributed by atoms with Gasteiger partial charge in [0.15, 0.2) is 11.4 Å². The van der Waals surface area contributed by atoms with Crippen LogP contribution in [-0.4, -0.2) is 25.5 Å². The molecule has 0 N–H and O–H groups in total. The number of carbonyl (C=O) groups is 1. The van der Waals surface area contributed by atoms with Crippen molar-refractivity contribution in [1.82, 2.24) is 19.7 Å². The largest absolute Gasteiger partial charge is 0.294 e. The lowest BCUT2D eigenvalue weighted by Crippen LogP contribution is -2.07. The van der Waals surface area contributed by atoms with E-state index in [1.165, 1.54) is 11.3 Å². The van der Waals surface area contributed by atoms with Gasteiger partial charge in [-0.1, -0.05) is 13.8 Å². The number of fused-ring (bicyclic) bond motifs is 1. The van der Waals surface area contributed by atoms with Gasteiger partial charge < -0.3 is 0 Å². The van der Waals surface area contributed by atoms with Crippen molar-refractivity contribution in [1.29, 1.82) is 0 Å². The van der Waals surface area contributed by atoms with Gasteiger partial charge in [0.25, 0.3) is 0 Å². The van der Waals surface area contributed by atoms with Gasteiger partial charge in [0.05, 0.1) is 17.5 Å². The van der Waals surface area contributed by atoms with Crippen LogP contribution >= 0.6 is 11.3 Å². The molecule has 0 bridgehead atoms. The van der Waals surface area contributed by atoms with Gasteiger partial charge in [-0.05, 0) is 18.9 Å². The molecule has 0 spiro atoms. The Morgan fingerprint density at radius 1 is 1.41 bits per heavy atom. The Morgan fingerprint density at radius 3 is 2.82 bits per heavy atom. The molecule has 0 amide bonds. The molecule has 0 aliphatic carbocycles. The van der Waals surface area contributed by atoms with E-state index in [-0.39, 0.29) is 11.7 Å². The van der Waals surface area contributed by atoms with E-state index in [2.05, 4.69) is 28.9 Å². The molecule has 0 unspecified atom stereocenters. The zero-order chi connectivity index (χ0) is 15.9. The highest BCUT2D eigenvalue weighted by Crippen LogP contribution is 2.26. The third kappa shape index (κ3) is 2.54. The van der Waals surface area contributed by atoms with Crippen LogP contribution < -0.4 is 0 Å². The maximum Gasteiger partial charge on any atom is 0.170 e. The zero-order valence-electron chi connectivity index (χ0n) is 13.1. The van der Waals surface area contributed by atoms with Crippen LogP contribution in [-0.2, 0) is 13.5 Å². The minimum absolute atomic E-state index is 0.0698. The predicted molar refractivity (Wildman–Crippen MR) is 87.5 cm³/mol. The summed E-state index contributed by atoms with van der Waals surface area (Å²) in [6, 6.07) is 1.91. The molecule has 3 rings (SSSR count). The number of hydrogen-bond acceptors (Lipinski definition) is 5. The average Bonchev–Trinajstić information content (AvgIpc) is 3.07. The number of pyridine rings is 1. The predicted octanol–water partition coefficient (Wildman–Crippen LogP) is 3.28. The first-order valence-electron chi connectivity index (χ1n) is 7.23. The van der Waals surface area contributed by atoms with Crippen molar-refractivity contribution in [3.05, 3.63) is 39.6 Å². The molecule has 5 nitrogen and oxygen atoms in total. The monoisotopic (exact) mass is 314 g/mol. The molecule has 0 aromatic carbocycles. The number of rotatable bonds is 4. The topological polar surface area (TPSA) is 60.7 Å². The summed E-state index contributed by atoms with van der Waals surface area (Å²) in [6.07, 6.45) is 2.05. The van der Waals surface area contributed by atoms with Gasteiger partial charge in [-0.15, -0.1) is 11.3 Å².